The van der Waals surface area contributed by atoms with Gasteiger partial charge in [0.25, 0.3) is 0 Å². The first-order valence-electron chi connectivity index (χ1n) is 8.30. The highest BCUT2D eigenvalue weighted by Gasteiger charge is 2.40. The Morgan fingerprint density at radius 2 is 1.92 bits per heavy atom. The minimum atomic E-state index is -3.49. The maximum Gasteiger partial charge on any atom is 0.184 e. The molecular formula is C18H21F3N2O2S. The van der Waals surface area contributed by atoms with Crippen LogP contribution in [0.5, 0.6) is 0 Å². The summed E-state index contributed by atoms with van der Waals surface area (Å²) in [5.74, 6) is -2.71. The highest BCUT2D eigenvalue weighted by atomic mass is 32.3. The minimum Gasteiger partial charge on any atom is -0.320 e. The minimum absolute atomic E-state index is 0.257. The van der Waals surface area contributed by atoms with Gasteiger partial charge in [0.2, 0.25) is 0 Å². The number of fused-ring (bicyclic) bond motifs is 1. The van der Waals surface area contributed by atoms with Crippen molar-refractivity contribution in [1.82, 2.24) is 5.32 Å². The van der Waals surface area contributed by atoms with Crippen molar-refractivity contribution in [2.75, 3.05) is 17.9 Å². The molecule has 3 N–H and O–H groups in total. The Morgan fingerprint density at radius 1 is 1.15 bits per heavy atom. The summed E-state index contributed by atoms with van der Waals surface area (Å²) in [6.07, 6.45) is 1.38. The molecule has 0 saturated carbocycles. The second kappa shape index (κ2) is 7.48. The standard InChI is InChI=1S/C18H21F3N2O2S/c1-22-9-3-4-14-11-12-10-13(19)7-8-16(12)23(26(14,24)25)17-6-2-5-15(20)18(17)21/h2,5-8,10,14,22,24-25H,3-4,9,11H2,1H3/t14-/m1/s1. The van der Waals surface area contributed by atoms with E-state index in [1.807, 2.05) is 0 Å². The summed E-state index contributed by atoms with van der Waals surface area (Å²) >= 11 is 0. The van der Waals surface area contributed by atoms with E-state index in [0.29, 0.717) is 24.9 Å². The van der Waals surface area contributed by atoms with Crippen LogP contribution in [0.25, 0.3) is 0 Å². The summed E-state index contributed by atoms with van der Waals surface area (Å²) in [5, 5.41) is 2.37. The molecule has 1 heterocycles. The Labute approximate surface area is 152 Å². The molecule has 4 nitrogen and oxygen atoms in total. The zero-order valence-corrected chi connectivity index (χ0v) is 15.1. The van der Waals surface area contributed by atoms with Crippen LogP contribution in [0.1, 0.15) is 18.4 Å². The van der Waals surface area contributed by atoms with Crippen molar-refractivity contribution in [1.29, 1.82) is 0 Å². The molecule has 0 spiro atoms. The van der Waals surface area contributed by atoms with Gasteiger partial charge in [0.15, 0.2) is 11.6 Å². The highest BCUT2D eigenvalue weighted by Crippen LogP contribution is 2.61. The van der Waals surface area contributed by atoms with Gasteiger partial charge in [0.1, 0.15) is 11.5 Å². The lowest BCUT2D eigenvalue weighted by atomic mass is 10.0. The van der Waals surface area contributed by atoms with Crippen molar-refractivity contribution in [2.45, 2.75) is 24.5 Å². The summed E-state index contributed by atoms with van der Waals surface area (Å²) < 4.78 is 64.8. The van der Waals surface area contributed by atoms with Crippen LogP contribution in [0.15, 0.2) is 36.4 Å². The molecule has 26 heavy (non-hydrogen) atoms. The van der Waals surface area contributed by atoms with E-state index in [1.54, 1.807) is 7.05 Å². The maximum absolute atomic E-state index is 14.4. The van der Waals surface area contributed by atoms with Crippen LogP contribution >= 0.6 is 10.8 Å². The van der Waals surface area contributed by atoms with Crippen LogP contribution < -0.4 is 9.62 Å². The van der Waals surface area contributed by atoms with Crippen molar-refractivity contribution in [3.63, 3.8) is 0 Å². The van der Waals surface area contributed by atoms with Gasteiger partial charge in [-0.05, 0) is 68.8 Å². The van der Waals surface area contributed by atoms with Crippen LogP contribution in [0, 0.1) is 17.5 Å². The average molecular weight is 386 g/mol. The van der Waals surface area contributed by atoms with Crippen LogP contribution in [0.2, 0.25) is 0 Å². The molecule has 0 aromatic heterocycles. The predicted octanol–water partition coefficient (Wildman–Crippen LogP) is 4.83. The number of benzene rings is 2. The van der Waals surface area contributed by atoms with Gasteiger partial charge in [-0.15, -0.1) is 10.8 Å². The number of halogens is 3. The lowest BCUT2D eigenvalue weighted by Gasteiger charge is -2.52. The lowest BCUT2D eigenvalue weighted by Crippen LogP contribution is -2.38. The van der Waals surface area contributed by atoms with Gasteiger partial charge in [0.05, 0.1) is 10.9 Å². The van der Waals surface area contributed by atoms with E-state index >= 15 is 0 Å². The Hall–Kier alpha value is -1.74. The molecular weight excluding hydrogens is 365 g/mol. The van der Waals surface area contributed by atoms with Crippen LogP contribution in [-0.4, -0.2) is 27.9 Å². The van der Waals surface area contributed by atoms with Crippen molar-refractivity contribution in [3.8, 4) is 0 Å². The fourth-order valence-electron chi connectivity index (χ4n) is 3.26. The smallest absolute Gasteiger partial charge is 0.184 e. The highest BCUT2D eigenvalue weighted by molar-refractivity contribution is 8.26. The van der Waals surface area contributed by atoms with E-state index < -0.39 is 33.5 Å². The predicted molar refractivity (Wildman–Crippen MR) is 98.4 cm³/mol. The van der Waals surface area contributed by atoms with Crippen LogP contribution in [0.4, 0.5) is 24.5 Å². The zero-order valence-electron chi connectivity index (χ0n) is 14.3. The van der Waals surface area contributed by atoms with Crippen molar-refractivity contribution >= 4 is 22.2 Å². The van der Waals surface area contributed by atoms with E-state index in [4.69, 9.17) is 0 Å². The average Bonchev–Trinajstić information content (AvgIpc) is 2.59. The van der Waals surface area contributed by atoms with Gasteiger partial charge in [-0.25, -0.2) is 17.5 Å². The topological polar surface area (TPSA) is 55.7 Å². The molecule has 2 aromatic carbocycles. The van der Waals surface area contributed by atoms with Crippen molar-refractivity contribution < 1.29 is 22.3 Å². The first-order chi connectivity index (χ1) is 12.4. The summed E-state index contributed by atoms with van der Waals surface area (Å²) in [6.45, 7) is 0.677. The Bertz CT molecular complexity index is 804. The van der Waals surface area contributed by atoms with Crippen molar-refractivity contribution in [2.24, 2.45) is 0 Å². The molecule has 1 aliphatic rings. The van der Waals surface area contributed by atoms with E-state index in [-0.39, 0.29) is 17.8 Å². The van der Waals surface area contributed by atoms with Crippen LogP contribution in [-0.2, 0) is 6.42 Å². The molecule has 8 heteroatoms. The number of hydrogen-bond donors (Lipinski definition) is 3. The van der Waals surface area contributed by atoms with Gasteiger partial charge in [-0.2, -0.15) is 0 Å². The van der Waals surface area contributed by atoms with Crippen molar-refractivity contribution in [3.05, 3.63) is 59.4 Å². The molecule has 1 aliphatic heterocycles. The van der Waals surface area contributed by atoms with Gasteiger partial charge < -0.3 is 5.32 Å². The lowest BCUT2D eigenvalue weighted by molar-refractivity contribution is 0.451. The number of rotatable bonds is 5. The van der Waals surface area contributed by atoms with E-state index in [0.717, 1.165) is 10.4 Å². The van der Waals surface area contributed by atoms with Gasteiger partial charge in [-0.1, -0.05) is 6.07 Å². The molecule has 0 amide bonds. The number of nitrogens with one attached hydrogen (secondary N) is 1. The zero-order chi connectivity index (χ0) is 18.9. The summed E-state index contributed by atoms with van der Waals surface area (Å²) in [5.41, 5.74) is 0.547. The summed E-state index contributed by atoms with van der Waals surface area (Å²) in [7, 11) is -1.70. The normalized spacial score (nSPS) is 19.9. The van der Waals surface area contributed by atoms with E-state index in [9.17, 15) is 22.3 Å². The second-order valence-corrected chi connectivity index (χ2v) is 8.43. The molecule has 3 rings (SSSR count). The molecule has 2 aromatic rings. The second-order valence-electron chi connectivity index (χ2n) is 6.27. The SMILES string of the molecule is CNCCC[C@@H]1Cc2cc(F)ccc2N(c2cccc(F)c2F)S1(O)O. The Morgan fingerprint density at radius 3 is 2.65 bits per heavy atom. The third-order valence-corrected chi connectivity index (χ3v) is 6.75. The van der Waals surface area contributed by atoms with Gasteiger partial charge >= 0.3 is 0 Å². The Kier molecular flexibility index (Phi) is 5.47. The molecule has 0 bridgehead atoms. The van der Waals surface area contributed by atoms with E-state index in [1.165, 1.54) is 30.3 Å². The molecule has 0 saturated heterocycles. The molecule has 0 aliphatic carbocycles. The first kappa shape index (κ1) is 19.0. The summed E-state index contributed by atoms with van der Waals surface area (Å²) in [4.78, 5) is 0. The summed E-state index contributed by atoms with van der Waals surface area (Å²) in [6, 6.07) is 7.39. The molecule has 0 unspecified atom stereocenters. The molecule has 142 valence electrons. The monoisotopic (exact) mass is 386 g/mol. The fourth-order valence-corrected chi connectivity index (χ4v) is 5.34. The Balaban J connectivity index is 2.11. The van der Waals surface area contributed by atoms with E-state index in [2.05, 4.69) is 5.32 Å². The quantitative estimate of drug-likeness (QED) is 0.644. The largest absolute Gasteiger partial charge is 0.320 e. The molecule has 0 fully saturated rings. The fraction of sp³-hybridized carbons (Fsp3) is 0.333. The van der Waals surface area contributed by atoms with Crippen LogP contribution in [0.3, 0.4) is 0 Å². The molecule has 0 radical (unpaired) electrons. The third-order valence-electron chi connectivity index (χ3n) is 4.53. The maximum atomic E-state index is 14.4. The van der Waals surface area contributed by atoms with Gasteiger partial charge in [0, 0.05) is 0 Å². The third kappa shape index (κ3) is 3.42. The van der Waals surface area contributed by atoms with Gasteiger partial charge in [-0.3, -0.25) is 9.11 Å². The number of nitrogens with zero attached hydrogens (tertiary/aromatic N) is 1. The number of hydrogen-bond acceptors (Lipinski definition) is 4. The first-order valence-corrected chi connectivity index (χ1v) is 9.87. The molecule has 1 atom stereocenters. The number of anilines is 2.